The van der Waals surface area contributed by atoms with E-state index in [1.807, 2.05) is 0 Å². The van der Waals surface area contributed by atoms with Gasteiger partial charge in [0.1, 0.15) is 0 Å². The molecule has 0 N–H and O–H groups in total. The maximum absolute atomic E-state index is 3.42. The number of hydrogen-bond donors (Lipinski definition) is 0. The Bertz CT molecular complexity index is 87.7. The number of nitrogens with zero attached hydrogens (tertiary/aromatic N) is 2. The molecule has 0 saturated heterocycles. The monoisotopic (exact) mass is 82.1 g/mol. The smallest absolute Gasteiger partial charge is 0.0904 e. The molecule has 0 amide bonds. The standard InChI is InChI=1S/C4H6N2/c1-3-4-6-5-2/h4H,1H2,2H3. The molecule has 0 aliphatic heterocycles. The molecule has 0 bridgehead atoms. The predicted molar refractivity (Wildman–Crippen MR) is 24.5 cm³/mol. The van der Waals surface area contributed by atoms with Gasteiger partial charge in [0.2, 0.25) is 0 Å². The van der Waals surface area contributed by atoms with E-state index in [-0.39, 0.29) is 0 Å². The summed E-state index contributed by atoms with van der Waals surface area (Å²) in [5.41, 5.74) is 2.43. The van der Waals surface area contributed by atoms with Gasteiger partial charge in [-0.05, 0) is 0 Å². The Labute approximate surface area is 36.9 Å². The van der Waals surface area contributed by atoms with Crippen LogP contribution in [0, 0.1) is 0 Å². The second-order valence-electron chi connectivity index (χ2n) is 0.649. The van der Waals surface area contributed by atoms with Crippen LogP contribution in [0.5, 0.6) is 0 Å². The van der Waals surface area contributed by atoms with E-state index in [4.69, 9.17) is 0 Å². The lowest BCUT2D eigenvalue weighted by atomic mass is 10.9. The Hall–Kier alpha value is -0.880. The molecule has 0 aromatic rings. The fourth-order valence-corrected chi connectivity index (χ4v) is 0.0986. The molecular weight excluding hydrogens is 76.1 g/mol. The van der Waals surface area contributed by atoms with Crippen LogP contribution in [0.3, 0.4) is 0 Å². The predicted octanol–water partition coefficient (Wildman–Crippen LogP) is 1.37. The summed E-state index contributed by atoms with van der Waals surface area (Å²) in [4.78, 5) is 0. The van der Waals surface area contributed by atoms with E-state index in [0.717, 1.165) is 0 Å². The molecule has 0 unspecified atom stereocenters. The van der Waals surface area contributed by atoms with Gasteiger partial charge in [0.05, 0.1) is 6.20 Å². The van der Waals surface area contributed by atoms with E-state index in [9.17, 15) is 0 Å². The van der Waals surface area contributed by atoms with Gasteiger partial charge in [-0.3, -0.25) is 0 Å². The summed E-state index contributed by atoms with van der Waals surface area (Å²) < 4.78 is 0. The third-order valence-electron chi connectivity index (χ3n) is 0.264. The highest BCUT2D eigenvalue weighted by Gasteiger charge is 1.45. The van der Waals surface area contributed by atoms with Gasteiger partial charge in [0.15, 0.2) is 0 Å². The lowest BCUT2D eigenvalue weighted by Gasteiger charge is -1.59. The maximum Gasteiger partial charge on any atom is 0.0904 e. The fourth-order valence-electron chi connectivity index (χ4n) is 0.0986. The van der Waals surface area contributed by atoms with Crippen molar-refractivity contribution in [2.24, 2.45) is 10.2 Å². The first-order chi connectivity index (χ1) is 2.91. The molecule has 0 aliphatic rings. The van der Waals surface area contributed by atoms with Crippen molar-refractivity contribution in [2.75, 3.05) is 7.05 Å². The molecule has 0 aromatic heterocycles. The van der Waals surface area contributed by atoms with E-state index in [1.54, 1.807) is 7.05 Å². The minimum Gasteiger partial charge on any atom is -0.192 e. The molecule has 0 heterocycles. The zero-order valence-electron chi connectivity index (χ0n) is 3.68. The quantitative estimate of drug-likeness (QED) is 0.337. The van der Waals surface area contributed by atoms with E-state index in [1.165, 1.54) is 6.20 Å². The van der Waals surface area contributed by atoms with Gasteiger partial charge in [0.25, 0.3) is 0 Å². The summed E-state index contributed by atoms with van der Waals surface area (Å²) in [6.45, 7) is 3.26. The highest BCUT2D eigenvalue weighted by Crippen LogP contribution is 1.66. The molecule has 0 rings (SSSR count). The molecule has 0 saturated carbocycles. The van der Waals surface area contributed by atoms with Crippen molar-refractivity contribution in [3.63, 3.8) is 0 Å². The first-order valence-corrected chi connectivity index (χ1v) is 1.55. The highest BCUT2D eigenvalue weighted by molar-refractivity contribution is 4.69. The van der Waals surface area contributed by atoms with Crippen LogP contribution in [0.1, 0.15) is 0 Å². The Morgan fingerprint density at radius 3 is 2.67 bits per heavy atom. The molecule has 2 heteroatoms. The summed E-state index contributed by atoms with van der Waals surface area (Å²) in [5.74, 6) is 0. The summed E-state index contributed by atoms with van der Waals surface area (Å²) in [6, 6.07) is 0. The second kappa shape index (κ2) is 4.12. The van der Waals surface area contributed by atoms with Crippen LogP contribution < -0.4 is 0 Å². The molecule has 0 atom stereocenters. The lowest BCUT2D eigenvalue weighted by Crippen LogP contribution is -1.39. The zero-order valence-corrected chi connectivity index (χ0v) is 3.68. The van der Waals surface area contributed by atoms with Crippen molar-refractivity contribution >= 4 is 0 Å². The number of hydrogen-bond acceptors (Lipinski definition) is 2. The summed E-state index contributed by atoms with van der Waals surface area (Å²) in [7, 11) is 1.59. The van der Waals surface area contributed by atoms with Crippen molar-refractivity contribution in [2.45, 2.75) is 0 Å². The van der Waals surface area contributed by atoms with Crippen molar-refractivity contribution in [1.29, 1.82) is 0 Å². The van der Waals surface area contributed by atoms with E-state index in [2.05, 4.69) is 22.5 Å². The third-order valence-corrected chi connectivity index (χ3v) is 0.264. The van der Waals surface area contributed by atoms with Crippen molar-refractivity contribution in [1.82, 2.24) is 0 Å². The van der Waals surface area contributed by atoms with E-state index < -0.39 is 0 Å². The SMILES string of the molecule is C=C=CN=NC. The van der Waals surface area contributed by atoms with Gasteiger partial charge in [-0.25, -0.2) is 0 Å². The molecule has 0 radical (unpaired) electrons. The van der Waals surface area contributed by atoms with Gasteiger partial charge < -0.3 is 0 Å². The van der Waals surface area contributed by atoms with Crippen molar-refractivity contribution in [3.8, 4) is 0 Å². The van der Waals surface area contributed by atoms with Crippen LogP contribution in [0.2, 0.25) is 0 Å². The Morgan fingerprint density at radius 1 is 1.83 bits per heavy atom. The molecule has 0 aliphatic carbocycles. The highest BCUT2D eigenvalue weighted by atomic mass is 15.1. The van der Waals surface area contributed by atoms with Gasteiger partial charge >= 0.3 is 0 Å². The van der Waals surface area contributed by atoms with Crippen LogP contribution in [0.15, 0.2) is 28.7 Å². The third kappa shape index (κ3) is 3.12. The Balaban J connectivity index is 3.33. The normalized spacial score (nSPS) is 8.17. The van der Waals surface area contributed by atoms with Gasteiger partial charge in [-0.15, -0.1) is 5.73 Å². The average molecular weight is 82.1 g/mol. The molecule has 6 heavy (non-hydrogen) atoms. The zero-order chi connectivity index (χ0) is 4.83. The van der Waals surface area contributed by atoms with Crippen LogP contribution in [-0.4, -0.2) is 7.05 Å². The Kier molecular flexibility index (Phi) is 3.52. The molecule has 32 valence electrons. The lowest BCUT2D eigenvalue weighted by molar-refractivity contribution is 1.17. The number of azo groups is 1. The van der Waals surface area contributed by atoms with E-state index >= 15 is 0 Å². The van der Waals surface area contributed by atoms with Crippen LogP contribution in [0.25, 0.3) is 0 Å². The average Bonchev–Trinajstić information content (AvgIpc) is 1.61. The van der Waals surface area contributed by atoms with E-state index in [0.29, 0.717) is 0 Å². The second-order valence-corrected chi connectivity index (χ2v) is 0.649. The first-order valence-electron chi connectivity index (χ1n) is 1.55. The van der Waals surface area contributed by atoms with Crippen molar-refractivity contribution < 1.29 is 0 Å². The van der Waals surface area contributed by atoms with Crippen LogP contribution in [-0.2, 0) is 0 Å². The minimum atomic E-state index is 1.40. The topological polar surface area (TPSA) is 24.7 Å². The summed E-state index contributed by atoms with van der Waals surface area (Å²) in [5, 5.41) is 6.81. The molecule has 0 aromatic carbocycles. The minimum absolute atomic E-state index is 1.40. The molecule has 2 nitrogen and oxygen atoms in total. The molecule has 0 spiro atoms. The first kappa shape index (κ1) is 5.12. The number of rotatable bonds is 1. The van der Waals surface area contributed by atoms with Crippen LogP contribution in [0.4, 0.5) is 0 Å². The van der Waals surface area contributed by atoms with Gasteiger partial charge in [0, 0.05) is 7.05 Å². The fraction of sp³-hybridized carbons (Fsp3) is 0.250. The summed E-state index contributed by atoms with van der Waals surface area (Å²) in [6.07, 6.45) is 1.40. The van der Waals surface area contributed by atoms with Gasteiger partial charge in [-0.1, -0.05) is 6.58 Å². The molecule has 0 fully saturated rings. The van der Waals surface area contributed by atoms with Gasteiger partial charge in [-0.2, -0.15) is 10.2 Å². The largest absolute Gasteiger partial charge is 0.192 e. The van der Waals surface area contributed by atoms with Crippen molar-refractivity contribution in [3.05, 3.63) is 18.5 Å². The maximum atomic E-state index is 3.42. The Morgan fingerprint density at radius 2 is 2.50 bits per heavy atom. The molecular formula is C4H6N2. The van der Waals surface area contributed by atoms with Crippen LogP contribution >= 0.6 is 0 Å². The summed E-state index contributed by atoms with van der Waals surface area (Å²) >= 11 is 0.